The molecule has 0 aliphatic rings. The van der Waals surface area contributed by atoms with E-state index in [0.717, 1.165) is 50.6 Å². The Morgan fingerprint density at radius 1 is 0.893 bits per heavy atom. The summed E-state index contributed by atoms with van der Waals surface area (Å²) in [5, 5.41) is 12.7. The van der Waals surface area contributed by atoms with Crippen LogP contribution in [0, 0.1) is 0 Å². The number of hydrogen-bond donors (Lipinski definition) is 4. The molecule has 5 rings (SSSR count). The molecule has 3 heterocycles. The smallest absolute Gasteiger partial charge is 0.132 e. The van der Waals surface area contributed by atoms with Crippen LogP contribution in [0.15, 0.2) is 67.5 Å². The molecule has 0 aliphatic carbocycles. The van der Waals surface area contributed by atoms with Crippen LogP contribution in [0.1, 0.15) is 18.2 Å². The molecule has 0 saturated carbocycles. The number of aliphatic hydroxyl groups is 1. The van der Waals surface area contributed by atoms with Crippen LogP contribution in [0.3, 0.4) is 0 Å². The molecule has 0 atom stereocenters. The monoisotopic (exact) mass is 367 g/mol. The van der Waals surface area contributed by atoms with Crippen LogP contribution >= 0.6 is 0 Å². The van der Waals surface area contributed by atoms with Crippen molar-refractivity contribution >= 4 is 27.6 Å². The lowest BCUT2D eigenvalue weighted by atomic mass is 9.93. The number of aromatic nitrogens is 3. The van der Waals surface area contributed by atoms with Crippen molar-refractivity contribution in [2.45, 2.75) is 13.3 Å². The average Bonchev–Trinajstić information content (AvgIpc) is 3.43. The predicted molar refractivity (Wildman–Crippen MR) is 116 cm³/mol. The molecule has 0 unspecified atom stereocenters. The Bertz CT molecular complexity index is 1330. The van der Waals surface area contributed by atoms with Gasteiger partial charge in [-0.15, -0.1) is 0 Å². The van der Waals surface area contributed by atoms with E-state index in [9.17, 15) is 5.11 Å². The molecule has 0 radical (unpaired) electrons. The largest absolute Gasteiger partial charge is 0.506 e. The van der Waals surface area contributed by atoms with Gasteiger partial charge < -0.3 is 20.1 Å². The van der Waals surface area contributed by atoms with Gasteiger partial charge in [-0.05, 0) is 41.8 Å². The van der Waals surface area contributed by atoms with Crippen LogP contribution in [0.2, 0.25) is 0 Å². The Labute approximate surface area is 162 Å². The van der Waals surface area contributed by atoms with E-state index in [0.29, 0.717) is 5.69 Å². The topological polar surface area (TPSA) is 67.6 Å². The van der Waals surface area contributed by atoms with E-state index in [1.807, 2.05) is 18.5 Å². The molecule has 0 fully saturated rings. The molecule has 0 amide bonds. The van der Waals surface area contributed by atoms with Gasteiger partial charge in [-0.25, -0.2) is 0 Å². The van der Waals surface area contributed by atoms with Gasteiger partial charge in [-0.3, -0.25) is 0 Å². The predicted octanol–water partition coefficient (Wildman–Crippen LogP) is 6.40. The third kappa shape index (κ3) is 2.31. The molecule has 0 spiro atoms. The summed E-state index contributed by atoms with van der Waals surface area (Å²) in [7, 11) is 0. The molecule has 2 aromatic carbocycles. The molecule has 28 heavy (non-hydrogen) atoms. The third-order valence-corrected chi connectivity index (χ3v) is 5.47. The van der Waals surface area contributed by atoms with Crippen molar-refractivity contribution in [2.75, 3.05) is 0 Å². The highest BCUT2D eigenvalue weighted by atomic mass is 16.3. The fraction of sp³-hybridized carbons (Fsp3) is 0.0833. The van der Waals surface area contributed by atoms with Gasteiger partial charge in [-0.2, -0.15) is 0 Å². The zero-order chi connectivity index (χ0) is 19.3. The van der Waals surface area contributed by atoms with Crippen molar-refractivity contribution in [3.05, 3.63) is 78.8 Å². The van der Waals surface area contributed by atoms with Crippen molar-refractivity contribution in [3.8, 4) is 22.4 Å². The summed E-state index contributed by atoms with van der Waals surface area (Å²) >= 11 is 0. The highest BCUT2D eigenvalue weighted by molar-refractivity contribution is 6.02. The molecule has 138 valence electrons. The Hall–Kier alpha value is -3.66. The third-order valence-electron chi connectivity index (χ3n) is 5.47. The van der Waals surface area contributed by atoms with E-state index in [1.54, 1.807) is 0 Å². The summed E-state index contributed by atoms with van der Waals surface area (Å²) in [6.07, 6.45) is 4.73. The Morgan fingerprint density at radius 3 is 2.11 bits per heavy atom. The molecule has 0 bridgehead atoms. The Kier molecular flexibility index (Phi) is 3.66. The molecule has 3 aromatic heterocycles. The first-order chi connectivity index (χ1) is 13.7. The maximum Gasteiger partial charge on any atom is 0.132 e. The van der Waals surface area contributed by atoms with Crippen LogP contribution in [0.25, 0.3) is 49.9 Å². The highest BCUT2D eigenvalue weighted by Crippen LogP contribution is 2.42. The SMILES string of the molecule is C=C(O)c1[nH]c(-c2cccc3[nH]ccc23)c(CC)c1-c1cccc2[nH]ccc12. The molecule has 4 heteroatoms. The number of H-pyrrole nitrogens is 3. The minimum absolute atomic E-state index is 0.0460. The molecule has 5 aromatic rings. The number of benzene rings is 2. The lowest BCUT2D eigenvalue weighted by Crippen LogP contribution is -1.90. The molecular weight excluding hydrogens is 346 g/mol. The van der Waals surface area contributed by atoms with Gasteiger partial charge in [0.25, 0.3) is 0 Å². The number of hydrogen-bond acceptors (Lipinski definition) is 1. The van der Waals surface area contributed by atoms with Gasteiger partial charge in [0.15, 0.2) is 0 Å². The summed E-state index contributed by atoms with van der Waals surface area (Å²) < 4.78 is 0. The van der Waals surface area contributed by atoms with Gasteiger partial charge in [0, 0.05) is 45.3 Å². The summed E-state index contributed by atoms with van der Waals surface area (Å²) in [6.45, 7) is 5.97. The van der Waals surface area contributed by atoms with Crippen molar-refractivity contribution in [3.63, 3.8) is 0 Å². The van der Waals surface area contributed by atoms with E-state index >= 15 is 0 Å². The first-order valence-corrected chi connectivity index (χ1v) is 9.45. The first-order valence-electron chi connectivity index (χ1n) is 9.45. The fourth-order valence-corrected chi connectivity index (χ4v) is 4.24. The zero-order valence-electron chi connectivity index (χ0n) is 15.6. The van der Waals surface area contributed by atoms with Crippen molar-refractivity contribution in [1.82, 2.24) is 15.0 Å². The number of fused-ring (bicyclic) bond motifs is 2. The highest BCUT2D eigenvalue weighted by Gasteiger charge is 2.22. The summed E-state index contributed by atoms with van der Waals surface area (Å²) in [6, 6.07) is 16.6. The van der Waals surface area contributed by atoms with Gasteiger partial charge in [0.05, 0.1) is 11.4 Å². The van der Waals surface area contributed by atoms with Crippen LogP contribution in [0.5, 0.6) is 0 Å². The molecule has 0 saturated heterocycles. The van der Waals surface area contributed by atoms with E-state index in [4.69, 9.17) is 0 Å². The van der Waals surface area contributed by atoms with Crippen LogP contribution in [0.4, 0.5) is 0 Å². The van der Waals surface area contributed by atoms with E-state index in [1.165, 1.54) is 5.56 Å². The lowest BCUT2D eigenvalue weighted by Gasteiger charge is -2.09. The average molecular weight is 367 g/mol. The fourth-order valence-electron chi connectivity index (χ4n) is 4.24. The molecule has 4 N–H and O–H groups in total. The second-order valence-corrected chi connectivity index (χ2v) is 7.02. The lowest BCUT2D eigenvalue weighted by molar-refractivity contribution is 0.511. The minimum atomic E-state index is 0.0460. The van der Waals surface area contributed by atoms with Crippen LogP contribution in [-0.4, -0.2) is 20.1 Å². The quantitative estimate of drug-likeness (QED) is 0.273. The van der Waals surface area contributed by atoms with E-state index < -0.39 is 0 Å². The number of nitrogens with one attached hydrogen (secondary N) is 3. The second kappa shape index (κ2) is 6.20. The standard InChI is InChI=1S/C24H21N3O/c1-3-15-22(18-6-4-8-20-16(18)10-12-25-20)23(14(2)28)27-24(15)19-7-5-9-21-17(19)11-13-26-21/h4-13,25-28H,2-3H2,1H3. The van der Waals surface area contributed by atoms with Crippen LogP contribution < -0.4 is 0 Å². The maximum absolute atomic E-state index is 10.4. The van der Waals surface area contributed by atoms with E-state index in [2.05, 4.69) is 70.9 Å². The molecular formula is C24H21N3O. The van der Waals surface area contributed by atoms with Gasteiger partial charge in [0.1, 0.15) is 5.76 Å². The number of aliphatic hydroxyl groups excluding tert-OH is 1. The van der Waals surface area contributed by atoms with Crippen molar-refractivity contribution < 1.29 is 5.11 Å². The summed E-state index contributed by atoms with van der Waals surface area (Å²) in [5.74, 6) is 0.0460. The molecule has 4 nitrogen and oxygen atoms in total. The summed E-state index contributed by atoms with van der Waals surface area (Å²) in [5.41, 5.74) is 8.26. The van der Waals surface area contributed by atoms with E-state index in [-0.39, 0.29) is 5.76 Å². The summed E-state index contributed by atoms with van der Waals surface area (Å²) in [4.78, 5) is 10.0. The Morgan fingerprint density at radius 2 is 1.50 bits per heavy atom. The molecule has 0 aliphatic heterocycles. The normalized spacial score (nSPS) is 11.5. The van der Waals surface area contributed by atoms with Crippen LogP contribution in [-0.2, 0) is 6.42 Å². The van der Waals surface area contributed by atoms with Gasteiger partial charge >= 0.3 is 0 Å². The minimum Gasteiger partial charge on any atom is -0.506 e. The second-order valence-electron chi connectivity index (χ2n) is 7.02. The zero-order valence-corrected chi connectivity index (χ0v) is 15.6. The van der Waals surface area contributed by atoms with Gasteiger partial charge in [-0.1, -0.05) is 37.8 Å². The number of aromatic amines is 3. The Balaban J connectivity index is 1.87. The maximum atomic E-state index is 10.4. The number of rotatable bonds is 4. The van der Waals surface area contributed by atoms with Crippen molar-refractivity contribution in [2.24, 2.45) is 0 Å². The van der Waals surface area contributed by atoms with Gasteiger partial charge in [0.2, 0.25) is 0 Å². The first kappa shape index (κ1) is 16.5. The van der Waals surface area contributed by atoms with Crippen molar-refractivity contribution in [1.29, 1.82) is 0 Å².